The molecule has 5 heteroatoms. The number of nitrogens with zero attached hydrogens (tertiary/aromatic N) is 2. The monoisotopic (exact) mass is 265 g/mol. The van der Waals surface area contributed by atoms with E-state index in [9.17, 15) is 0 Å². The lowest BCUT2D eigenvalue weighted by molar-refractivity contribution is 0.117. The Labute approximate surface area is 111 Å². The minimum Gasteiger partial charge on any atom is -0.380 e. The molecule has 1 aromatic heterocycles. The minimum absolute atomic E-state index is 0.166. The van der Waals surface area contributed by atoms with Crippen molar-refractivity contribution in [2.75, 3.05) is 13.7 Å². The van der Waals surface area contributed by atoms with Gasteiger partial charge in [0.15, 0.2) is 0 Å². The average molecular weight is 266 g/mol. The molecule has 0 unspecified atom stereocenters. The van der Waals surface area contributed by atoms with E-state index in [0.717, 1.165) is 35.4 Å². The Morgan fingerprint density at radius 1 is 1.50 bits per heavy atom. The van der Waals surface area contributed by atoms with Gasteiger partial charge in [0, 0.05) is 25.4 Å². The van der Waals surface area contributed by atoms with Gasteiger partial charge in [-0.25, -0.2) is 9.07 Å². The SMILES string of the molecule is CO[C@@H]1CN[C@H](c2nc3cccc(C)c3n2Cl)C1. The number of imidazole rings is 1. The van der Waals surface area contributed by atoms with Gasteiger partial charge in [-0.15, -0.1) is 0 Å². The van der Waals surface area contributed by atoms with Gasteiger partial charge in [0.2, 0.25) is 0 Å². The molecule has 1 N–H and O–H groups in total. The summed E-state index contributed by atoms with van der Waals surface area (Å²) >= 11 is 6.41. The van der Waals surface area contributed by atoms with Crippen molar-refractivity contribution >= 4 is 22.8 Å². The van der Waals surface area contributed by atoms with Crippen LogP contribution in [0, 0.1) is 6.92 Å². The van der Waals surface area contributed by atoms with Crippen LogP contribution >= 0.6 is 11.8 Å². The molecule has 0 radical (unpaired) electrons. The predicted molar refractivity (Wildman–Crippen MR) is 71.9 cm³/mol. The van der Waals surface area contributed by atoms with E-state index in [0.29, 0.717) is 0 Å². The summed E-state index contributed by atoms with van der Waals surface area (Å²) in [7, 11) is 1.74. The van der Waals surface area contributed by atoms with E-state index < -0.39 is 0 Å². The molecule has 3 rings (SSSR count). The molecule has 2 heterocycles. The molecule has 1 aromatic carbocycles. The number of hydrogen-bond acceptors (Lipinski definition) is 3. The van der Waals surface area contributed by atoms with E-state index in [1.165, 1.54) is 0 Å². The third kappa shape index (κ3) is 1.81. The Morgan fingerprint density at radius 3 is 3.00 bits per heavy atom. The normalized spacial score (nSPS) is 23.9. The summed E-state index contributed by atoms with van der Waals surface area (Å²) in [5.74, 6) is 0.875. The van der Waals surface area contributed by atoms with Gasteiger partial charge in [-0.05, 0) is 25.0 Å². The second-order valence-electron chi connectivity index (χ2n) is 4.75. The third-order valence-corrected chi connectivity index (χ3v) is 3.93. The summed E-state index contributed by atoms with van der Waals surface area (Å²) in [4.78, 5) is 4.64. The fourth-order valence-corrected chi connectivity index (χ4v) is 2.94. The maximum Gasteiger partial charge on any atom is 0.142 e. The maximum atomic E-state index is 6.41. The van der Waals surface area contributed by atoms with Crippen molar-refractivity contribution < 1.29 is 4.74 Å². The Morgan fingerprint density at radius 2 is 2.33 bits per heavy atom. The molecule has 0 amide bonds. The number of nitrogens with one attached hydrogen (secondary N) is 1. The van der Waals surface area contributed by atoms with Crippen molar-refractivity contribution in [1.29, 1.82) is 0 Å². The molecule has 0 saturated carbocycles. The number of ether oxygens (including phenoxy) is 1. The van der Waals surface area contributed by atoms with Gasteiger partial charge in [-0.3, -0.25) is 0 Å². The molecule has 0 spiro atoms. The fourth-order valence-electron chi connectivity index (χ4n) is 2.57. The minimum atomic E-state index is 0.166. The molecular formula is C13H16ClN3O. The number of aromatic nitrogens is 2. The van der Waals surface area contributed by atoms with Crippen molar-refractivity contribution in [2.24, 2.45) is 0 Å². The summed E-state index contributed by atoms with van der Waals surface area (Å²) in [5, 5.41) is 3.40. The topological polar surface area (TPSA) is 39.1 Å². The Bertz CT molecular complexity index is 581. The maximum absolute atomic E-state index is 6.41. The number of aryl methyl sites for hydroxylation is 1. The van der Waals surface area contributed by atoms with Crippen LogP contribution in [0.4, 0.5) is 0 Å². The summed E-state index contributed by atoms with van der Waals surface area (Å²) in [6, 6.07) is 6.21. The zero-order chi connectivity index (χ0) is 12.7. The molecule has 1 saturated heterocycles. The van der Waals surface area contributed by atoms with E-state index in [4.69, 9.17) is 16.5 Å². The van der Waals surface area contributed by atoms with Crippen LogP contribution in [0.25, 0.3) is 11.0 Å². The van der Waals surface area contributed by atoms with Gasteiger partial charge in [-0.1, -0.05) is 12.1 Å². The predicted octanol–water partition coefficient (Wildman–Crippen LogP) is 2.40. The van der Waals surface area contributed by atoms with E-state index in [1.807, 2.05) is 25.1 Å². The van der Waals surface area contributed by atoms with E-state index in [-0.39, 0.29) is 12.1 Å². The van der Waals surface area contributed by atoms with Crippen LogP contribution in [0.15, 0.2) is 18.2 Å². The van der Waals surface area contributed by atoms with Gasteiger partial charge in [-0.2, -0.15) is 0 Å². The second kappa shape index (κ2) is 4.53. The summed E-state index contributed by atoms with van der Waals surface area (Å²) in [6.45, 7) is 2.90. The number of para-hydroxylation sites is 1. The van der Waals surface area contributed by atoms with Gasteiger partial charge in [0.25, 0.3) is 0 Å². The number of halogens is 1. The Balaban J connectivity index is 2.03. The molecule has 1 aliphatic heterocycles. The molecule has 1 aliphatic rings. The number of benzene rings is 1. The molecule has 0 bridgehead atoms. The molecule has 18 heavy (non-hydrogen) atoms. The summed E-state index contributed by atoms with van der Waals surface area (Å²) in [6.07, 6.45) is 1.15. The van der Waals surface area contributed by atoms with Crippen LogP contribution < -0.4 is 5.32 Å². The van der Waals surface area contributed by atoms with Crippen molar-refractivity contribution in [2.45, 2.75) is 25.5 Å². The van der Waals surface area contributed by atoms with Crippen LogP contribution in [0.5, 0.6) is 0 Å². The van der Waals surface area contributed by atoms with Crippen LogP contribution in [0.3, 0.4) is 0 Å². The van der Waals surface area contributed by atoms with Crippen molar-refractivity contribution in [3.8, 4) is 0 Å². The van der Waals surface area contributed by atoms with E-state index in [2.05, 4.69) is 10.3 Å². The zero-order valence-corrected chi connectivity index (χ0v) is 11.2. The largest absolute Gasteiger partial charge is 0.380 e. The number of fused-ring (bicyclic) bond motifs is 1. The lowest BCUT2D eigenvalue weighted by Crippen LogP contribution is -2.17. The standard InChI is InChI=1S/C13H16ClN3O/c1-8-4-3-5-10-12(8)17(14)13(16-10)11-6-9(18-2)7-15-11/h3-5,9,11,15H,6-7H2,1-2H3/t9-,11-/m0/s1. The molecule has 96 valence electrons. The van der Waals surface area contributed by atoms with Crippen molar-refractivity contribution in [1.82, 2.24) is 14.4 Å². The zero-order valence-electron chi connectivity index (χ0n) is 10.5. The lowest BCUT2D eigenvalue weighted by Gasteiger charge is -2.09. The highest BCUT2D eigenvalue weighted by Gasteiger charge is 2.29. The molecule has 2 atom stereocenters. The Kier molecular flexibility index (Phi) is 3.01. The van der Waals surface area contributed by atoms with Crippen LogP contribution in [-0.2, 0) is 4.74 Å². The average Bonchev–Trinajstić information content (AvgIpc) is 2.94. The molecule has 1 fully saturated rings. The van der Waals surface area contributed by atoms with Gasteiger partial charge < -0.3 is 10.1 Å². The number of hydrogen-bond donors (Lipinski definition) is 1. The lowest BCUT2D eigenvalue weighted by atomic mass is 10.2. The highest BCUT2D eigenvalue weighted by molar-refractivity contribution is 6.19. The van der Waals surface area contributed by atoms with Gasteiger partial charge >= 0.3 is 0 Å². The highest BCUT2D eigenvalue weighted by atomic mass is 35.5. The van der Waals surface area contributed by atoms with Crippen LogP contribution in [0.1, 0.15) is 23.9 Å². The second-order valence-corrected chi connectivity index (χ2v) is 5.09. The van der Waals surface area contributed by atoms with Crippen molar-refractivity contribution in [3.63, 3.8) is 0 Å². The van der Waals surface area contributed by atoms with Gasteiger partial charge in [0.05, 0.1) is 23.2 Å². The molecule has 0 aliphatic carbocycles. The smallest absolute Gasteiger partial charge is 0.142 e. The van der Waals surface area contributed by atoms with Crippen LogP contribution in [-0.4, -0.2) is 28.8 Å². The summed E-state index contributed by atoms with van der Waals surface area (Å²) in [5.41, 5.74) is 3.09. The number of methoxy groups -OCH3 is 1. The first-order valence-corrected chi connectivity index (χ1v) is 6.45. The van der Waals surface area contributed by atoms with Gasteiger partial charge in [0.1, 0.15) is 5.82 Å². The Hall–Kier alpha value is -1.10. The first kappa shape index (κ1) is 12.0. The first-order valence-electron chi connectivity index (χ1n) is 6.11. The molecule has 4 nitrogen and oxygen atoms in total. The summed E-state index contributed by atoms with van der Waals surface area (Å²) < 4.78 is 7.04. The van der Waals surface area contributed by atoms with Crippen molar-refractivity contribution in [3.05, 3.63) is 29.6 Å². The van der Waals surface area contributed by atoms with E-state index >= 15 is 0 Å². The van der Waals surface area contributed by atoms with Crippen LogP contribution in [0.2, 0.25) is 0 Å². The van der Waals surface area contributed by atoms with E-state index in [1.54, 1.807) is 11.2 Å². The quantitative estimate of drug-likeness (QED) is 0.906. The molecule has 2 aromatic rings. The fraction of sp³-hybridized carbons (Fsp3) is 0.462. The molecular weight excluding hydrogens is 250 g/mol. The first-order chi connectivity index (χ1) is 8.70. The third-order valence-electron chi connectivity index (χ3n) is 3.58. The number of rotatable bonds is 2. The highest BCUT2D eigenvalue weighted by Crippen LogP contribution is 2.29.